The molecule has 0 aliphatic heterocycles. The van der Waals surface area contributed by atoms with Crippen molar-refractivity contribution < 1.29 is 9.50 Å². The smallest absolute Gasteiger partial charge is 0.224 e. The van der Waals surface area contributed by atoms with Crippen molar-refractivity contribution in [3.63, 3.8) is 0 Å². The van der Waals surface area contributed by atoms with Gasteiger partial charge in [0.15, 0.2) is 5.65 Å². The van der Waals surface area contributed by atoms with Gasteiger partial charge in [-0.2, -0.15) is 4.98 Å². The number of benzene rings is 1. The molecule has 2 atom stereocenters. The minimum atomic E-state index is -0.276. The van der Waals surface area contributed by atoms with Crippen LogP contribution in [0.3, 0.4) is 0 Å². The molecule has 0 spiro atoms. The van der Waals surface area contributed by atoms with Gasteiger partial charge in [-0.1, -0.05) is 0 Å². The van der Waals surface area contributed by atoms with Crippen molar-refractivity contribution >= 4 is 39.7 Å². The maximum absolute atomic E-state index is 13.8. The standard InChI is InChI=1S/C16H15FIN5O/c17-12-6-10(2-4-13(12)18)23-8-20-14-7-19-16(22-15(14)23)21-9-1-3-11(24)5-9/h2,4,6-9,11,24H,1,3,5H2,(H,19,21,22)/t9-,11-/m1/s1. The third-order valence-electron chi connectivity index (χ3n) is 4.21. The van der Waals surface area contributed by atoms with Gasteiger partial charge in [-0.15, -0.1) is 0 Å². The van der Waals surface area contributed by atoms with E-state index in [1.54, 1.807) is 23.2 Å². The summed E-state index contributed by atoms with van der Waals surface area (Å²) in [5.74, 6) is 0.219. The molecule has 1 aliphatic carbocycles. The molecule has 24 heavy (non-hydrogen) atoms. The second-order valence-corrected chi connectivity index (χ2v) is 7.09. The Morgan fingerprint density at radius 1 is 1.29 bits per heavy atom. The molecule has 1 saturated carbocycles. The van der Waals surface area contributed by atoms with E-state index < -0.39 is 0 Å². The zero-order valence-electron chi connectivity index (χ0n) is 12.7. The highest BCUT2D eigenvalue weighted by Gasteiger charge is 2.23. The van der Waals surface area contributed by atoms with Crippen LogP contribution in [0.2, 0.25) is 0 Å². The summed E-state index contributed by atoms with van der Waals surface area (Å²) in [6.07, 6.45) is 5.39. The topological polar surface area (TPSA) is 75.9 Å². The molecular formula is C16H15FIN5O. The normalized spacial score (nSPS) is 20.6. The number of aliphatic hydroxyl groups is 1. The maximum Gasteiger partial charge on any atom is 0.224 e. The van der Waals surface area contributed by atoms with Crippen molar-refractivity contribution in [3.8, 4) is 5.69 Å². The summed E-state index contributed by atoms with van der Waals surface area (Å²) < 4.78 is 16.2. The first-order valence-electron chi connectivity index (χ1n) is 7.70. The zero-order chi connectivity index (χ0) is 16.7. The van der Waals surface area contributed by atoms with Crippen molar-refractivity contribution in [2.75, 3.05) is 5.32 Å². The fraction of sp³-hybridized carbons (Fsp3) is 0.312. The Hall–Kier alpha value is -1.81. The molecule has 2 heterocycles. The molecule has 3 aromatic rings. The van der Waals surface area contributed by atoms with Gasteiger partial charge in [-0.3, -0.25) is 4.57 Å². The Morgan fingerprint density at radius 2 is 2.17 bits per heavy atom. The molecule has 2 N–H and O–H groups in total. The third kappa shape index (κ3) is 2.95. The molecule has 8 heteroatoms. The number of rotatable bonds is 3. The SMILES string of the molecule is O[C@@H]1CC[C@@H](Nc2ncc3ncn(-c4ccc(I)c(F)c4)c3n2)C1. The van der Waals surface area contributed by atoms with Crippen molar-refractivity contribution in [2.24, 2.45) is 0 Å². The van der Waals surface area contributed by atoms with E-state index in [1.807, 2.05) is 28.7 Å². The van der Waals surface area contributed by atoms with Crippen molar-refractivity contribution in [1.82, 2.24) is 19.5 Å². The highest BCUT2D eigenvalue weighted by molar-refractivity contribution is 14.1. The molecule has 0 saturated heterocycles. The number of imidazole rings is 1. The largest absolute Gasteiger partial charge is 0.393 e. The number of nitrogens with one attached hydrogen (secondary N) is 1. The van der Waals surface area contributed by atoms with E-state index in [1.165, 1.54) is 6.07 Å². The fourth-order valence-electron chi connectivity index (χ4n) is 2.97. The lowest BCUT2D eigenvalue weighted by Crippen LogP contribution is -2.18. The van der Waals surface area contributed by atoms with Gasteiger partial charge in [-0.25, -0.2) is 14.4 Å². The van der Waals surface area contributed by atoms with Crippen molar-refractivity contribution in [2.45, 2.75) is 31.4 Å². The van der Waals surface area contributed by atoms with E-state index in [2.05, 4.69) is 20.3 Å². The van der Waals surface area contributed by atoms with Crippen molar-refractivity contribution in [3.05, 3.63) is 40.1 Å². The molecule has 6 nitrogen and oxygen atoms in total. The van der Waals surface area contributed by atoms with Gasteiger partial charge in [0.25, 0.3) is 0 Å². The Morgan fingerprint density at radius 3 is 2.92 bits per heavy atom. The fourth-order valence-corrected chi connectivity index (χ4v) is 3.31. The predicted octanol–water partition coefficient (Wildman–Crippen LogP) is 2.88. The molecule has 4 rings (SSSR count). The van der Waals surface area contributed by atoms with E-state index in [0.717, 1.165) is 12.8 Å². The number of nitrogens with zero attached hydrogens (tertiary/aromatic N) is 4. The van der Waals surface area contributed by atoms with E-state index in [-0.39, 0.29) is 18.0 Å². The van der Waals surface area contributed by atoms with Gasteiger partial charge in [-0.05, 0) is 60.1 Å². The molecule has 0 unspecified atom stereocenters. The number of anilines is 1. The van der Waals surface area contributed by atoms with E-state index in [9.17, 15) is 9.50 Å². The molecular weight excluding hydrogens is 424 g/mol. The number of fused-ring (bicyclic) bond motifs is 1. The molecule has 1 aliphatic rings. The lowest BCUT2D eigenvalue weighted by Gasteiger charge is -2.12. The van der Waals surface area contributed by atoms with E-state index in [0.29, 0.717) is 32.8 Å². The summed E-state index contributed by atoms with van der Waals surface area (Å²) in [6, 6.07) is 5.18. The van der Waals surface area contributed by atoms with Crippen LogP contribution < -0.4 is 5.32 Å². The van der Waals surface area contributed by atoms with Crippen LogP contribution in [-0.4, -0.2) is 36.8 Å². The molecule has 1 fully saturated rings. The number of hydrogen-bond acceptors (Lipinski definition) is 5. The van der Waals surface area contributed by atoms with Gasteiger partial charge < -0.3 is 10.4 Å². The maximum atomic E-state index is 13.8. The monoisotopic (exact) mass is 439 g/mol. The Bertz CT molecular complexity index is 899. The average molecular weight is 439 g/mol. The first-order valence-corrected chi connectivity index (χ1v) is 8.78. The van der Waals surface area contributed by atoms with E-state index in [4.69, 9.17) is 0 Å². The number of aromatic nitrogens is 4. The Labute approximate surface area is 151 Å². The minimum Gasteiger partial charge on any atom is -0.393 e. The molecule has 1 aromatic carbocycles. The van der Waals surface area contributed by atoms with Crippen molar-refractivity contribution in [1.29, 1.82) is 0 Å². The van der Waals surface area contributed by atoms with Crippen LogP contribution in [0.1, 0.15) is 19.3 Å². The number of aliphatic hydroxyl groups excluding tert-OH is 1. The van der Waals surface area contributed by atoms with Gasteiger partial charge in [0.1, 0.15) is 17.7 Å². The minimum absolute atomic E-state index is 0.171. The Kier molecular flexibility index (Phi) is 4.09. The number of hydrogen-bond donors (Lipinski definition) is 2. The van der Waals surface area contributed by atoms with Crippen LogP contribution in [-0.2, 0) is 0 Å². The van der Waals surface area contributed by atoms with Crippen LogP contribution >= 0.6 is 22.6 Å². The van der Waals surface area contributed by atoms with Gasteiger partial charge in [0, 0.05) is 9.61 Å². The van der Waals surface area contributed by atoms with Crippen LogP contribution in [0.5, 0.6) is 0 Å². The van der Waals surface area contributed by atoms with Crippen LogP contribution in [0.4, 0.5) is 10.3 Å². The molecule has 0 bridgehead atoms. The second-order valence-electron chi connectivity index (χ2n) is 5.92. The average Bonchev–Trinajstić information content (AvgIpc) is 3.16. The zero-order valence-corrected chi connectivity index (χ0v) is 14.8. The quantitative estimate of drug-likeness (QED) is 0.614. The van der Waals surface area contributed by atoms with Gasteiger partial charge in [0.05, 0.1) is 18.0 Å². The predicted molar refractivity (Wildman–Crippen MR) is 96.6 cm³/mol. The molecule has 0 radical (unpaired) electrons. The summed E-state index contributed by atoms with van der Waals surface area (Å²) >= 11 is 1.96. The Balaban J connectivity index is 1.69. The first-order chi connectivity index (χ1) is 11.6. The summed E-state index contributed by atoms with van der Waals surface area (Å²) in [5, 5.41) is 12.9. The summed E-state index contributed by atoms with van der Waals surface area (Å²) in [5.41, 5.74) is 1.92. The highest BCUT2D eigenvalue weighted by Crippen LogP contribution is 2.23. The lowest BCUT2D eigenvalue weighted by atomic mass is 10.2. The molecule has 124 valence electrons. The van der Waals surface area contributed by atoms with Crippen LogP contribution in [0.15, 0.2) is 30.7 Å². The van der Waals surface area contributed by atoms with Gasteiger partial charge in [0.2, 0.25) is 5.95 Å². The molecule has 0 amide bonds. The third-order valence-corrected chi connectivity index (χ3v) is 5.08. The summed E-state index contributed by atoms with van der Waals surface area (Å²) in [6.45, 7) is 0. The van der Waals surface area contributed by atoms with Crippen LogP contribution in [0, 0.1) is 9.39 Å². The highest BCUT2D eigenvalue weighted by atomic mass is 127. The van der Waals surface area contributed by atoms with Gasteiger partial charge >= 0.3 is 0 Å². The summed E-state index contributed by atoms with van der Waals surface area (Å²) in [4.78, 5) is 13.1. The van der Waals surface area contributed by atoms with E-state index >= 15 is 0 Å². The first kappa shape index (κ1) is 15.7. The lowest BCUT2D eigenvalue weighted by molar-refractivity contribution is 0.182. The van der Waals surface area contributed by atoms with Crippen LogP contribution in [0.25, 0.3) is 16.9 Å². The number of halogens is 2. The second kappa shape index (κ2) is 6.25. The summed E-state index contributed by atoms with van der Waals surface area (Å²) in [7, 11) is 0. The molecule has 2 aromatic heterocycles.